The van der Waals surface area contributed by atoms with E-state index in [0.717, 1.165) is 16.3 Å². The smallest absolute Gasteiger partial charge is 0.261 e. The number of hydrogen-bond donors (Lipinski definition) is 1. The van der Waals surface area contributed by atoms with Crippen LogP contribution < -0.4 is 10.1 Å². The van der Waals surface area contributed by atoms with E-state index in [2.05, 4.69) is 5.32 Å². The second-order valence-corrected chi connectivity index (χ2v) is 6.02. The number of amides is 1. The molecular weight excluding hydrogens is 317 g/mol. The zero-order valence-corrected chi connectivity index (χ0v) is 14.2. The van der Waals surface area contributed by atoms with Gasteiger partial charge in [-0.05, 0) is 43.0 Å². The number of fused-ring (bicyclic) bond motifs is 1. The number of hydrogen-bond acceptors (Lipinski definition) is 2. The van der Waals surface area contributed by atoms with Gasteiger partial charge in [-0.1, -0.05) is 48.5 Å². The summed E-state index contributed by atoms with van der Waals surface area (Å²) in [4.78, 5) is 12.4. The van der Waals surface area contributed by atoms with E-state index >= 15 is 0 Å². The van der Waals surface area contributed by atoms with Gasteiger partial charge in [0.2, 0.25) is 0 Å². The Morgan fingerprint density at radius 2 is 1.64 bits per heavy atom. The summed E-state index contributed by atoms with van der Waals surface area (Å²) < 4.78 is 18.9. The highest BCUT2D eigenvalue weighted by atomic mass is 19.1. The van der Waals surface area contributed by atoms with Gasteiger partial charge in [0.05, 0.1) is 6.04 Å². The van der Waals surface area contributed by atoms with Crippen LogP contribution in [0, 0.1) is 5.82 Å². The summed E-state index contributed by atoms with van der Waals surface area (Å²) in [6, 6.07) is 19.5. The molecule has 0 spiro atoms. The van der Waals surface area contributed by atoms with E-state index in [1.165, 1.54) is 12.1 Å². The fraction of sp³-hybridized carbons (Fsp3) is 0.190. The van der Waals surface area contributed by atoms with E-state index in [-0.39, 0.29) is 17.8 Å². The van der Waals surface area contributed by atoms with E-state index in [1.807, 2.05) is 49.4 Å². The maximum atomic E-state index is 13.0. The average molecular weight is 337 g/mol. The Labute approximate surface area is 146 Å². The first kappa shape index (κ1) is 17.0. The van der Waals surface area contributed by atoms with Crippen molar-refractivity contribution in [2.45, 2.75) is 26.0 Å². The Balaban J connectivity index is 1.69. The molecule has 25 heavy (non-hydrogen) atoms. The maximum Gasteiger partial charge on any atom is 0.261 e. The monoisotopic (exact) mass is 337 g/mol. The Hall–Kier alpha value is -2.88. The molecule has 0 fully saturated rings. The van der Waals surface area contributed by atoms with Crippen molar-refractivity contribution in [1.29, 1.82) is 0 Å². The van der Waals surface area contributed by atoms with Crippen molar-refractivity contribution in [3.8, 4) is 5.75 Å². The highest BCUT2D eigenvalue weighted by Gasteiger charge is 2.18. The fourth-order valence-electron chi connectivity index (χ4n) is 2.71. The van der Waals surface area contributed by atoms with Crippen LogP contribution in [0.1, 0.15) is 25.5 Å². The van der Waals surface area contributed by atoms with Crippen LogP contribution in [-0.4, -0.2) is 12.0 Å². The summed E-state index contributed by atoms with van der Waals surface area (Å²) in [5, 5.41) is 4.93. The molecule has 1 amide bonds. The van der Waals surface area contributed by atoms with E-state index in [1.54, 1.807) is 19.1 Å². The van der Waals surface area contributed by atoms with Crippen molar-refractivity contribution in [2.75, 3.05) is 0 Å². The minimum absolute atomic E-state index is 0.218. The molecule has 0 heterocycles. The zero-order chi connectivity index (χ0) is 17.8. The van der Waals surface area contributed by atoms with Crippen LogP contribution in [-0.2, 0) is 4.79 Å². The highest BCUT2D eigenvalue weighted by Crippen LogP contribution is 2.26. The molecule has 4 heteroatoms. The van der Waals surface area contributed by atoms with E-state index in [0.29, 0.717) is 5.75 Å². The number of halogens is 1. The van der Waals surface area contributed by atoms with E-state index in [4.69, 9.17) is 4.74 Å². The molecule has 2 atom stereocenters. The lowest BCUT2D eigenvalue weighted by atomic mass is 10.1. The van der Waals surface area contributed by atoms with Gasteiger partial charge in [0.15, 0.2) is 6.10 Å². The maximum absolute atomic E-state index is 13.0. The van der Waals surface area contributed by atoms with Crippen LogP contribution in [0.25, 0.3) is 10.8 Å². The Morgan fingerprint density at radius 1 is 0.960 bits per heavy atom. The minimum Gasteiger partial charge on any atom is -0.480 e. The lowest BCUT2D eigenvalue weighted by Gasteiger charge is -2.19. The number of carbonyl (C=O) groups excluding carboxylic acids is 1. The summed E-state index contributed by atoms with van der Waals surface area (Å²) >= 11 is 0. The van der Waals surface area contributed by atoms with Gasteiger partial charge in [0.1, 0.15) is 11.6 Å². The van der Waals surface area contributed by atoms with Crippen LogP contribution in [0.3, 0.4) is 0 Å². The summed E-state index contributed by atoms with van der Waals surface area (Å²) in [5.74, 6) is 0.162. The molecule has 3 rings (SSSR count). The molecule has 0 saturated carbocycles. The Kier molecular flexibility index (Phi) is 4.98. The van der Waals surface area contributed by atoms with Crippen LogP contribution in [0.4, 0.5) is 4.39 Å². The predicted octanol–water partition coefficient (Wildman–Crippen LogP) is 4.62. The zero-order valence-electron chi connectivity index (χ0n) is 14.2. The first-order chi connectivity index (χ1) is 12.0. The molecule has 0 aliphatic heterocycles. The van der Waals surface area contributed by atoms with E-state index in [9.17, 15) is 9.18 Å². The molecule has 3 aromatic rings. The molecule has 0 aromatic heterocycles. The van der Waals surface area contributed by atoms with Gasteiger partial charge in [-0.2, -0.15) is 0 Å². The third-order valence-electron chi connectivity index (χ3n) is 4.15. The Morgan fingerprint density at radius 3 is 2.40 bits per heavy atom. The normalized spacial score (nSPS) is 13.2. The quantitative estimate of drug-likeness (QED) is 0.737. The van der Waals surface area contributed by atoms with Crippen LogP contribution in [0.15, 0.2) is 66.7 Å². The SMILES string of the molecule is C[C@H](NC(=O)[C@@H](C)Oc1cccc2ccccc12)c1ccc(F)cc1. The molecule has 0 saturated heterocycles. The molecule has 3 nitrogen and oxygen atoms in total. The van der Waals surface area contributed by atoms with Crippen molar-refractivity contribution >= 4 is 16.7 Å². The van der Waals surface area contributed by atoms with Crippen molar-refractivity contribution in [1.82, 2.24) is 5.32 Å². The third-order valence-corrected chi connectivity index (χ3v) is 4.15. The Bertz CT molecular complexity index is 871. The van der Waals surface area contributed by atoms with E-state index < -0.39 is 6.10 Å². The number of rotatable bonds is 5. The van der Waals surface area contributed by atoms with Gasteiger partial charge in [-0.25, -0.2) is 4.39 Å². The van der Waals surface area contributed by atoms with Crippen molar-refractivity contribution in [3.63, 3.8) is 0 Å². The van der Waals surface area contributed by atoms with Crippen molar-refractivity contribution < 1.29 is 13.9 Å². The molecular formula is C21H20FNO2. The van der Waals surface area contributed by atoms with Gasteiger partial charge in [0, 0.05) is 5.39 Å². The molecule has 128 valence electrons. The summed E-state index contributed by atoms with van der Waals surface area (Å²) in [5.41, 5.74) is 0.840. The molecule has 0 aliphatic carbocycles. The van der Waals surface area contributed by atoms with Gasteiger partial charge >= 0.3 is 0 Å². The molecule has 1 N–H and O–H groups in total. The first-order valence-electron chi connectivity index (χ1n) is 8.25. The summed E-state index contributed by atoms with van der Waals surface area (Å²) in [6.45, 7) is 3.57. The molecule has 3 aromatic carbocycles. The van der Waals surface area contributed by atoms with Gasteiger partial charge in [-0.15, -0.1) is 0 Å². The largest absolute Gasteiger partial charge is 0.480 e. The van der Waals surface area contributed by atoms with Crippen molar-refractivity contribution in [3.05, 3.63) is 78.1 Å². The molecule has 0 radical (unpaired) electrons. The lowest BCUT2D eigenvalue weighted by molar-refractivity contribution is -0.127. The predicted molar refractivity (Wildman–Crippen MR) is 97.0 cm³/mol. The topological polar surface area (TPSA) is 38.3 Å². The third kappa shape index (κ3) is 3.97. The summed E-state index contributed by atoms with van der Waals surface area (Å²) in [7, 11) is 0. The second kappa shape index (κ2) is 7.34. The summed E-state index contributed by atoms with van der Waals surface area (Å²) in [6.07, 6.45) is -0.645. The highest BCUT2D eigenvalue weighted by molar-refractivity contribution is 5.89. The number of nitrogens with one attached hydrogen (secondary N) is 1. The van der Waals surface area contributed by atoms with Crippen molar-refractivity contribution in [2.24, 2.45) is 0 Å². The fourth-order valence-corrected chi connectivity index (χ4v) is 2.71. The number of ether oxygens (including phenoxy) is 1. The van der Waals surface area contributed by atoms with Gasteiger partial charge < -0.3 is 10.1 Å². The average Bonchev–Trinajstić information content (AvgIpc) is 2.62. The van der Waals surface area contributed by atoms with Gasteiger partial charge in [0.25, 0.3) is 5.91 Å². The van der Waals surface area contributed by atoms with Gasteiger partial charge in [-0.3, -0.25) is 4.79 Å². The molecule has 0 aliphatic rings. The lowest BCUT2D eigenvalue weighted by Crippen LogP contribution is -2.37. The second-order valence-electron chi connectivity index (χ2n) is 6.02. The van der Waals surface area contributed by atoms with Crippen LogP contribution >= 0.6 is 0 Å². The minimum atomic E-state index is -0.645. The first-order valence-corrected chi connectivity index (χ1v) is 8.25. The van der Waals surface area contributed by atoms with Crippen LogP contribution in [0.2, 0.25) is 0 Å². The molecule has 0 unspecified atom stereocenters. The number of benzene rings is 3. The number of carbonyl (C=O) groups is 1. The van der Waals surface area contributed by atoms with Crippen LogP contribution in [0.5, 0.6) is 5.75 Å². The molecule has 0 bridgehead atoms. The standard InChI is InChI=1S/C21H20FNO2/c1-14(16-10-12-18(22)13-11-16)23-21(24)15(2)25-20-9-5-7-17-6-3-4-8-19(17)20/h3-15H,1-2H3,(H,23,24)/t14-,15+/m0/s1.